The van der Waals surface area contributed by atoms with Crippen LogP contribution in [0.3, 0.4) is 0 Å². The Labute approximate surface area is 177 Å². The van der Waals surface area contributed by atoms with Crippen molar-refractivity contribution >= 4 is 26.7 Å². The van der Waals surface area contributed by atoms with Gasteiger partial charge in [0.1, 0.15) is 0 Å². The number of nitrogens with zero attached hydrogens (tertiary/aromatic N) is 1. The normalized spacial score (nSPS) is 15.9. The third-order valence-electron chi connectivity index (χ3n) is 5.80. The van der Waals surface area contributed by atoms with Gasteiger partial charge in [0.25, 0.3) is 5.91 Å². The summed E-state index contributed by atoms with van der Waals surface area (Å²) in [6.45, 7) is 3.58. The lowest BCUT2D eigenvalue weighted by Gasteiger charge is -2.29. The molecule has 0 bridgehead atoms. The summed E-state index contributed by atoms with van der Waals surface area (Å²) in [6, 6.07) is 20.3. The van der Waals surface area contributed by atoms with Crippen LogP contribution in [0.5, 0.6) is 0 Å². The summed E-state index contributed by atoms with van der Waals surface area (Å²) in [5.41, 5.74) is 1.37. The molecule has 0 radical (unpaired) electrons. The number of benzene rings is 3. The predicted octanol–water partition coefficient (Wildman–Crippen LogP) is 4.19. The van der Waals surface area contributed by atoms with Crippen molar-refractivity contribution in [3.8, 4) is 0 Å². The maximum Gasteiger partial charge on any atom is 0.251 e. The lowest BCUT2D eigenvalue weighted by atomic mass is 10.0. The Balaban J connectivity index is 1.50. The summed E-state index contributed by atoms with van der Waals surface area (Å²) in [7, 11) is -3.58. The second-order valence-electron chi connectivity index (χ2n) is 7.94. The first-order chi connectivity index (χ1) is 14.4. The van der Waals surface area contributed by atoms with Crippen LogP contribution < -0.4 is 5.32 Å². The van der Waals surface area contributed by atoms with Crippen molar-refractivity contribution in [2.24, 2.45) is 5.92 Å². The number of fused-ring (bicyclic) bond motifs is 1. The quantitative estimate of drug-likeness (QED) is 0.670. The maximum absolute atomic E-state index is 13.0. The molecule has 1 saturated heterocycles. The molecule has 1 N–H and O–H groups in total. The van der Waals surface area contributed by atoms with Crippen molar-refractivity contribution < 1.29 is 13.2 Å². The van der Waals surface area contributed by atoms with Crippen molar-refractivity contribution in [3.05, 3.63) is 77.9 Å². The molecule has 1 amide bonds. The van der Waals surface area contributed by atoms with E-state index in [2.05, 4.69) is 12.2 Å². The molecule has 4 rings (SSSR count). The first kappa shape index (κ1) is 20.6. The average molecular weight is 423 g/mol. The highest BCUT2D eigenvalue weighted by atomic mass is 32.2. The fraction of sp³-hybridized carbons (Fsp3) is 0.292. The van der Waals surface area contributed by atoms with Gasteiger partial charge in [0.05, 0.1) is 4.90 Å². The number of rotatable bonds is 5. The first-order valence-electron chi connectivity index (χ1n) is 10.3. The van der Waals surface area contributed by atoms with Crippen LogP contribution in [0, 0.1) is 5.92 Å². The summed E-state index contributed by atoms with van der Waals surface area (Å²) in [6.07, 6.45) is 1.73. The van der Waals surface area contributed by atoms with Gasteiger partial charge in [-0.15, -0.1) is 0 Å². The number of nitrogens with one attached hydrogen (secondary N) is 1. The van der Waals surface area contributed by atoms with Crippen LogP contribution >= 0.6 is 0 Å². The fourth-order valence-corrected chi connectivity index (χ4v) is 5.41. The monoisotopic (exact) mass is 422 g/mol. The number of hydrogen-bond donors (Lipinski definition) is 1. The van der Waals surface area contributed by atoms with Gasteiger partial charge in [-0.3, -0.25) is 4.79 Å². The number of amides is 1. The number of carbonyl (C=O) groups excluding carboxylic acids is 1. The second kappa shape index (κ2) is 8.58. The van der Waals surface area contributed by atoms with Crippen LogP contribution in [-0.4, -0.2) is 31.7 Å². The smallest absolute Gasteiger partial charge is 0.251 e. The molecule has 0 atom stereocenters. The number of sulfonamides is 1. The molecule has 3 aromatic rings. The zero-order valence-electron chi connectivity index (χ0n) is 17.0. The maximum atomic E-state index is 13.0. The Hall–Kier alpha value is -2.70. The van der Waals surface area contributed by atoms with Gasteiger partial charge in [-0.2, -0.15) is 4.31 Å². The molecule has 0 unspecified atom stereocenters. The van der Waals surface area contributed by atoms with Crippen molar-refractivity contribution in [2.75, 3.05) is 13.1 Å². The molecule has 1 aliphatic rings. The van der Waals surface area contributed by atoms with Crippen molar-refractivity contribution in [2.45, 2.75) is 31.2 Å². The number of carbonyl (C=O) groups is 1. The van der Waals surface area contributed by atoms with Crippen LogP contribution in [-0.2, 0) is 16.6 Å². The Morgan fingerprint density at radius 2 is 1.70 bits per heavy atom. The topological polar surface area (TPSA) is 66.5 Å². The standard InChI is InChI=1S/C24H26N2O3S/c1-18-12-14-26(15-13-18)30(28,29)22-10-5-8-20(16-22)24(27)25-17-21-9-4-7-19-6-2-3-11-23(19)21/h2-11,16,18H,12-15,17H2,1H3,(H,25,27). The molecule has 1 heterocycles. The molecule has 3 aromatic carbocycles. The van der Waals surface area contributed by atoms with Gasteiger partial charge in [0.15, 0.2) is 0 Å². The molecule has 1 aliphatic heterocycles. The molecule has 0 spiro atoms. The third kappa shape index (κ3) is 4.25. The summed E-state index contributed by atoms with van der Waals surface area (Å²) in [5.74, 6) is 0.259. The largest absolute Gasteiger partial charge is 0.348 e. The van der Waals surface area contributed by atoms with Gasteiger partial charge < -0.3 is 5.32 Å². The van der Waals surface area contributed by atoms with Crippen LogP contribution in [0.1, 0.15) is 35.7 Å². The van der Waals surface area contributed by atoms with Crippen LogP contribution in [0.4, 0.5) is 0 Å². The SMILES string of the molecule is CC1CCN(S(=O)(=O)c2cccc(C(=O)NCc3cccc4ccccc34)c2)CC1. The first-order valence-corrected chi connectivity index (χ1v) is 11.7. The summed E-state index contributed by atoms with van der Waals surface area (Å²) in [4.78, 5) is 12.9. The summed E-state index contributed by atoms with van der Waals surface area (Å²) >= 11 is 0. The number of piperidine rings is 1. The van der Waals surface area contributed by atoms with E-state index in [4.69, 9.17) is 0 Å². The molecule has 6 heteroatoms. The third-order valence-corrected chi connectivity index (χ3v) is 7.69. The molecule has 156 valence electrons. The molecular weight excluding hydrogens is 396 g/mol. The molecule has 0 aliphatic carbocycles. The predicted molar refractivity (Wildman–Crippen MR) is 119 cm³/mol. The highest BCUT2D eigenvalue weighted by Gasteiger charge is 2.28. The highest BCUT2D eigenvalue weighted by Crippen LogP contribution is 2.24. The van der Waals surface area contributed by atoms with Gasteiger partial charge in [-0.1, -0.05) is 55.5 Å². The van der Waals surface area contributed by atoms with Gasteiger partial charge in [-0.05, 0) is 53.3 Å². The minimum Gasteiger partial charge on any atom is -0.348 e. The Kier molecular flexibility index (Phi) is 5.88. The van der Waals surface area contributed by atoms with E-state index in [0.29, 0.717) is 31.1 Å². The summed E-state index contributed by atoms with van der Waals surface area (Å²) in [5, 5.41) is 5.14. The average Bonchev–Trinajstić information content (AvgIpc) is 2.78. The molecule has 0 aromatic heterocycles. The van der Waals surface area contributed by atoms with Crippen LogP contribution in [0.2, 0.25) is 0 Å². The van der Waals surface area contributed by atoms with Crippen LogP contribution in [0.15, 0.2) is 71.6 Å². The summed E-state index contributed by atoms with van der Waals surface area (Å²) < 4.78 is 27.5. The fourth-order valence-electron chi connectivity index (χ4n) is 3.90. The van der Waals surface area contributed by atoms with Crippen molar-refractivity contribution in [1.82, 2.24) is 9.62 Å². The van der Waals surface area contributed by atoms with E-state index < -0.39 is 10.0 Å². The van der Waals surface area contributed by atoms with Gasteiger partial charge in [0, 0.05) is 25.2 Å². The molecule has 30 heavy (non-hydrogen) atoms. The van der Waals surface area contributed by atoms with Gasteiger partial charge in [-0.25, -0.2) is 8.42 Å². The van der Waals surface area contributed by atoms with E-state index in [1.54, 1.807) is 18.2 Å². The highest BCUT2D eigenvalue weighted by molar-refractivity contribution is 7.89. The van der Waals surface area contributed by atoms with Crippen LogP contribution in [0.25, 0.3) is 10.8 Å². The van der Waals surface area contributed by atoms with Gasteiger partial charge in [0.2, 0.25) is 10.0 Å². The zero-order chi connectivity index (χ0) is 21.1. The number of hydrogen-bond acceptors (Lipinski definition) is 3. The van der Waals surface area contributed by atoms with E-state index in [-0.39, 0.29) is 10.8 Å². The second-order valence-corrected chi connectivity index (χ2v) is 9.87. The molecule has 5 nitrogen and oxygen atoms in total. The Morgan fingerprint density at radius 3 is 2.50 bits per heavy atom. The molecule has 1 fully saturated rings. The van der Waals surface area contributed by atoms with E-state index >= 15 is 0 Å². The van der Waals surface area contributed by atoms with E-state index in [1.807, 2.05) is 42.5 Å². The lowest BCUT2D eigenvalue weighted by molar-refractivity contribution is 0.0951. The van der Waals surface area contributed by atoms with Crippen molar-refractivity contribution in [1.29, 1.82) is 0 Å². The molecule has 0 saturated carbocycles. The zero-order valence-corrected chi connectivity index (χ0v) is 17.9. The lowest BCUT2D eigenvalue weighted by Crippen LogP contribution is -2.38. The Morgan fingerprint density at radius 1 is 1.00 bits per heavy atom. The van der Waals surface area contributed by atoms with E-state index in [9.17, 15) is 13.2 Å². The Bertz CT molecular complexity index is 1160. The van der Waals surface area contributed by atoms with Crippen molar-refractivity contribution in [3.63, 3.8) is 0 Å². The minimum absolute atomic E-state index is 0.176. The van der Waals surface area contributed by atoms with E-state index in [0.717, 1.165) is 29.2 Å². The van der Waals surface area contributed by atoms with E-state index in [1.165, 1.54) is 10.4 Å². The molecular formula is C24H26N2O3S. The van der Waals surface area contributed by atoms with Gasteiger partial charge >= 0.3 is 0 Å². The minimum atomic E-state index is -3.58.